The molecule has 0 unspecified atom stereocenters. The summed E-state index contributed by atoms with van der Waals surface area (Å²) in [5.41, 5.74) is 9.31. The van der Waals surface area contributed by atoms with Crippen LogP contribution >= 0.6 is 0 Å². The first kappa shape index (κ1) is 37.7. The second kappa shape index (κ2) is 19.1. The Morgan fingerprint density at radius 1 is 0.673 bits per heavy atom. The fourth-order valence-corrected chi connectivity index (χ4v) is 5.59. The molecular weight excluding hydrogens is 660 g/mol. The van der Waals surface area contributed by atoms with Gasteiger partial charge in [-0.25, -0.2) is 0 Å². The van der Waals surface area contributed by atoms with Crippen molar-refractivity contribution in [2.24, 2.45) is 0 Å². The summed E-state index contributed by atoms with van der Waals surface area (Å²) < 4.78 is 23.9. The number of aliphatic hydroxyl groups excluding tert-OH is 2. The van der Waals surface area contributed by atoms with Crippen LogP contribution in [0.25, 0.3) is 11.1 Å². The van der Waals surface area contributed by atoms with E-state index < -0.39 is 0 Å². The molecule has 0 fully saturated rings. The van der Waals surface area contributed by atoms with Crippen molar-refractivity contribution in [2.75, 3.05) is 33.4 Å². The Morgan fingerprint density at radius 3 is 1.77 bits per heavy atom. The average molecular weight is 705 g/mol. The van der Waals surface area contributed by atoms with Crippen molar-refractivity contribution < 1.29 is 29.2 Å². The highest BCUT2D eigenvalue weighted by Gasteiger charge is 2.15. The lowest BCUT2D eigenvalue weighted by molar-refractivity contribution is 0.263. The lowest BCUT2D eigenvalue weighted by Crippen LogP contribution is -2.18. The lowest BCUT2D eigenvalue weighted by Gasteiger charge is -2.17. The van der Waals surface area contributed by atoms with Crippen LogP contribution in [0.15, 0.2) is 79.1 Å². The first-order valence-electron chi connectivity index (χ1n) is 17.0. The smallest absolute Gasteiger partial charge is 0.221 e. The van der Waals surface area contributed by atoms with Crippen LogP contribution in [0.1, 0.15) is 44.5 Å². The third kappa shape index (κ3) is 10.0. The highest BCUT2D eigenvalue weighted by Crippen LogP contribution is 2.32. The van der Waals surface area contributed by atoms with Crippen LogP contribution in [0, 0.1) is 25.2 Å². The van der Waals surface area contributed by atoms with E-state index in [1.165, 1.54) is 6.20 Å². The minimum atomic E-state index is 0.0149. The highest BCUT2D eigenvalue weighted by atomic mass is 16.5. The number of rotatable bonds is 19. The van der Waals surface area contributed by atoms with E-state index in [4.69, 9.17) is 24.1 Å². The molecule has 12 nitrogen and oxygen atoms in total. The van der Waals surface area contributed by atoms with Crippen LogP contribution in [-0.4, -0.2) is 58.6 Å². The second-order valence-electron chi connectivity index (χ2n) is 12.0. The van der Waals surface area contributed by atoms with Gasteiger partial charge in [-0.3, -0.25) is 4.98 Å². The zero-order valence-corrected chi connectivity index (χ0v) is 29.7. The molecule has 0 aliphatic rings. The van der Waals surface area contributed by atoms with Gasteiger partial charge in [-0.05, 0) is 65.4 Å². The molecule has 5 aromatic rings. The number of aromatic nitrogens is 3. The maximum atomic E-state index is 9.23. The topological polar surface area (TPSA) is 164 Å². The van der Waals surface area contributed by atoms with Crippen molar-refractivity contribution >= 4 is 0 Å². The van der Waals surface area contributed by atoms with E-state index in [-0.39, 0.29) is 19.8 Å². The Balaban J connectivity index is 1.28. The fourth-order valence-electron chi connectivity index (χ4n) is 5.59. The molecule has 5 rings (SSSR count). The Kier molecular flexibility index (Phi) is 13.9. The van der Waals surface area contributed by atoms with E-state index in [2.05, 4.69) is 63.7 Å². The molecule has 0 amide bonds. The fraction of sp³-hybridized carbons (Fsp3) is 0.300. The van der Waals surface area contributed by atoms with Crippen molar-refractivity contribution in [3.8, 4) is 40.7 Å². The number of nitrogens with one attached hydrogen (secondary N) is 2. The number of benzene rings is 2. The molecular formula is C40H44N6O6. The van der Waals surface area contributed by atoms with Gasteiger partial charge in [0.05, 0.1) is 25.9 Å². The largest absolute Gasteiger partial charge is 0.481 e. The summed E-state index contributed by atoms with van der Waals surface area (Å²) >= 11 is 0. The van der Waals surface area contributed by atoms with E-state index in [1.807, 2.05) is 36.4 Å². The first-order chi connectivity index (χ1) is 25.4. The molecule has 3 aromatic heterocycles. The lowest BCUT2D eigenvalue weighted by atomic mass is 9.92. The van der Waals surface area contributed by atoms with Gasteiger partial charge in [0.25, 0.3) is 0 Å². The molecule has 0 aliphatic heterocycles. The van der Waals surface area contributed by atoms with E-state index >= 15 is 0 Å². The minimum Gasteiger partial charge on any atom is -0.481 e. The van der Waals surface area contributed by atoms with Crippen molar-refractivity contribution in [3.63, 3.8) is 0 Å². The summed E-state index contributed by atoms with van der Waals surface area (Å²) in [6.07, 6.45) is 3.15. The van der Waals surface area contributed by atoms with Crippen molar-refractivity contribution in [1.82, 2.24) is 25.6 Å². The monoisotopic (exact) mass is 704 g/mol. The molecule has 0 saturated carbocycles. The Hall–Kier alpha value is -5.58. The number of hydrogen-bond donors (Lipinski definition) is 4. The number of nitrogens with zero attached hydrogens (tertiary/aromatic N) is 4. The number of methoxy groups -OCH3 is 1. The van der Waals surface area contributed by atoms with Gasteiger partial charge in [0.15, 0.2) is 0 Å². The molecule has 12 heteroatoms. The minimum absolute atomic E-state index is 0.0149. The van der Waals surface area contributed by atoms with Crippen molar-refractivity contribution in [1.29, 1.82) is 5.26 Å². The quantitative estimate of drug-likeness (QED) is 0.0858. The number of hydrogen-bond acceptors (Lipinski definition) is 12. The van der Waals surface area contributed by atoms with Gasteiger partial charge in [0.1, 0.15) is 25.9 Å². The molecule has 0 bridgehead atoms. The normalized spacial score (nSPS) is 10.8. The maximum Gasteiger partial charge on any atom is 0.221 e. The predicted molar refractivity (Wildman–Crippen MR) is 196 cm³/mol. The van der Waals surface area contributed by atoms with Gasteiger partial charge in [-0.15, -0.1) is 0 Å². The van der Waals surface area contributed by atoms with Crippen LogP contribution in [0.3, 0.4) is 0 Å². The molecule has 2 aromatic carbocycles. The van der Waals surface area contributed by atoms with Gasteiger partial charge in [-0.2, -0.15) is 15.2 Å². The molecule has 270 valence electrons. The summed E-state index contributed by atoms with van der Waals surface area (Å²) in [6, 6.07) is 23.6. The van der Waals surface area contributed by atoms with E-state index in [9.17, 15) is 10.4 Å². The summed E-state index contributed by atoms with van der Waals surface area (Å²) in [6.45, 7) is 6.96. The molecule has 0 atom stereocenters. The van der Waals surface area contributed by atoms with Crippen molar-refractivity contribution in [3.05, 3.63) is 124 Å². The molecule has 4 N–H and O–H groups in total. The Labute approximate surface area is 304 Å². The Morgan fingerprint density at radius 2 is 1.23 bits per heavy atom. The highest BCUT2D eigenvalue weighted by molar-refractivity contribution is 5.72. The number of nitriles is 1. The van der Waals surface area contributed by atoms with Gasteiger partial charge >= 0.3 is 0 Å². The summed E-state index contributed by atoms with van der Waals surface area (Å²) in [7, 11) is 1.58. The molecule has 0 aliphatic carbocycles. The van der Waals surface area contributed by atoms with Crippen molar-refractivity contribution in [2.45, 2.75) is 46.8 Å². The first-order valence-corrected chi connectivity index (χ1v) is 17.0. The molecule has 3 heterocycles. The predicted octanol–water partition coefficient (Wildman–Crippen LogP) is 4.94. The SMILES string of the molecule is COc1nc(OCc2cccc(-c3cccc(COc4ccc(CNCCO)c(OCc5cncc(C#N)c5)n4)c3C)c2C)ccc1CNCCO. The summed E-state index contributed by atoms with van der Waals surface area (Å²) in [5.74, 6) is 1.74. The van der Waals surface area contributed by atoms with E-state index in [0.717, 1.165) is 50.1 Å². The molecule has 0 radical (unpaired) electrons. The number of ether oxygens (including phenoxy) is 4. The molecule has 0 saturated heterocycles. The van der Waals surface area contributed by atoms with Crippen LogP contribution in [0.4, 0.5) is 0 Å². The van der Waals surface area contributed by atoms with Crippen LogP contribution in [0.5, 0.6) is 23.5 Å². The zero-order chi connectivity index (χ0) is 36.7. The number of pyridine rings is 3. The molecule has 0 spiro atoms. The Bertz CT molecular complexity index is 1980. The number of aliphatic hydroxyl groups is 2. The third-order valence-corrected chi connectivity index (χ3v) is 8.46. The second-order valence-corrected chi connectivity index (χ2v) is 12.0. The van der Waals surface area contributed by atoms with Crippen LogP contribution in [-0.2, 0) is 32.9 Å². The average Bonchev–Trinajstić information content (AvgIpc) is 3.17. The van der Waals surface area contributed by atoms with Crippen LogP contribution in [0.2, 0.25) is 0 Å². The summed E-state index contributed by atoms with van der Waals surface area (Å²) in [4.78, 5) is 13.3. The van der Waals surface area contributed by atoms with Crippen LogP contribution < -0.4 is 29.6 Å². The zero-order valence-electron chi connectivity index (χ0n) is 29.7. The van der Waals surface area contributed by atoms with Gasteiger partial charge in [0.2, 0.25) is 23.5 Å². The maximum absolute atomic E-state index is 9.23. The van der Waals surface area contributed by atoms with E-state index in [0.29, 0.717) is 68.5 Å². The standard InChI is InChI=1S/C40H44N6O6/c1-27-33(25-50-37-12-10-31(22-42-14-16-47)39(45-37)49-3)6-4-8-35(27)36-9-5-7-34(28(36)2)26-51-38-13-11-32(23-43-15-17-48)40(46-38)52-24-30-18-29(19-41)20-44-21-30/h4-13,18,20-21,42-43,47-48H,14-17,22-26H2,1-3H3. The van der Waals surface area contributed by atoms with Gasteiger partial charge < -0.3 is 39.8 Å². The third-order valence-electron chi connectivity index (χ3n) is 8.46. The molecule has 52 heavy (non-hydrogen) atoms. The van der Waals surface area contributed by atoms with Gasteiger partial charge in [0, 0.05) is 67.4 Å². The van der Waals surface area contributed by atoms with E-state index in [1.54, 1.807) is 25.4 Å². The summed E-state index contributed by atoms with van der Waals surface area (Å²) in [5, 5.41) is 33.8. The van der Waals surface area contributed by atoms with Gasteiger partial charge in [-0.1, -0.05) is 36.4 Å².